The van der Waals surface area contributed by atoms with Gasteiger partial charge in [-0.25, -0.2) is 5.10 Å². The fraction of sp³-hybridized carbons (Fsp3) is 0.292. The summed E-state index contributed by atoms with van der Waals surface area (Å²) in [7, 11) is 0. The van der Waals surface area contributed by atoms with Crippen molar-refractivity contribution in [3.05, 3.63) is 64.8 Å². The quantitative estimate of drug-likeness (QED) is 0.472. The van der Waals surface area contributed by atoms with Crippen LogP contribution in [0.15, 0.2) is 48.5 Å². The van der Waals surface area contributed by atoms with Gasteiger partial charge < -0.3 is 14.8 Å². The largest absolute Gasteiger partial charge is 0.351 e. The highest BCUT2D eigenvalue weighted by molar-refractivity contribution is 6.31. The van der Waals surface area contributed by atoms with Gasteiger partial charge in [-0.05, 0) is 59.7 Å². The molecule has 2 saturated heterocycles. The number of rotatable bonds is 3. The minimum absolute atomic E-state index is 0.0125. The van der Waals surface area contributed by atoms with Crippen LogP contribution in [0.3, 0.4) is 0 Å². The van der Waals surface area contributed by atoms with Gasteiger partial charge in [0.15, 0.2) is 5.82 Å². The summed E-state index contributed by atoms with van der Waals surface area (Å²) >= 11 is 6.06. The van der Waals surface area contributed by atoms with Crippen molar-refractivity contribution in [1.82, 2.24) is 35.4 Å². The fourth-order valence-corrected chi connectivity index (χ4v) is 5.21. The second kappa shape index (κ2) is 7.95. The van der Waals surface area contributed by atoms with Crippen molar-refractivity contribution >= 4 is 34.3 Å². The van der Waals surface area contributed by atoms with Crippen LogP contribution in [0.4, 0.5) is 0 Å². The molecule has 2 aliphatic rings. The van der Waals surface area contributed by atoms with E-state index in [1.165, 1.54) is 0 Å². The summed E-state index contributed by atoms with van der Waals surface area (Å²) in [6.45, 7) is 2.84. The van der Waals surface area contributed by atoms with Crippen molar-refractivity contribution in [2.24, 2.45) is 5.41 Å². The van der Waals surface area contributed by atoms with Crippen LogP contribution >= 0.6 is 11.6 Å². The zero-order chi connectivity index (χ0) is 23.3. The number of carbonyl (C=O) groups excluding carboxylic acids is 2. The Morgan fingerprint density at radius 1 is 0.941 bits per heavy atom. The van der Waals surface area contributed by atoms with E-state index in [9.17, 15) is 9.59 Å². The average Bonchev–Trinajstić information content (AvgIpc) is 3.52. The van der Waals surface area contributed by atoms with Crippen LogP contribution in [0.2, 0.25) is 5.02 Å². The van der Waals surface area contributed by atoms with Crippen LogP contribution in [0, 0.1) is 5.41 Å². The normalized spacial score (nSPS) is 17.2. The number of hydrogen-bond acceptors (Lipinski definition) is 5. The molecule has 0 saturated carbocycles. The van der Waals surface area contributed by atoms with Gasteiger partial charge in [0.05, 0.1) is 0 Å². The Bertz CT molecular complexity index is 1360. The molecule has 2 fully saturated rings. The zero-order valence-electron chi connectivity index (χ0n) is 18.3. The SMILES string of the molecule is O=C(c1ccc(-c2nnn[nH]2)cc1)N1CCC2(CC1)CN(C(=O)c1cc3cc(Cl)ccc3[nH]1)C2. The molecule has 0 atom stereocenters. The third-order valence-corrected chi connectivity index (χ3v) is 7.25. The Labute approximate surface area is 200 Å². The maximum atomic E-state index is 13.0. The molecule has 9 nitrogen and oxygen atoms in total. The van der Waals surface area contributed by atoms with Crippen LogP contribution in [0.25, 0.3) is 22.3 Å². The first-order chi connectivity index (χ1) is 16.5. The molecule has 0 radical (unpaired) electrons. The van der Waals surface area contributed by atoms with E-state index in [0.29, 0.717) is 35.2 Å². The number of halogens is 1. The number of carbonyl (C=O) groups is 2. The molecule has 2 aromatic carbocycles. The summed E-state index contributed by atoms with van der Waals surface area (Å²) in [6, 6.07) is 14.7. The van der Waals surface area contributed by atoms with E-state index >= 15 is 0 Å². The maximum absolute atomic E-state index is 13.0. The molecule has 2 aliphatic heterocycles. The Hall–Kier alpha value is -3.72. The average molecular weight is 476 g/mol. The first-order valence-corrected chi connectivity index (χ1v) is 11.6. The molecule has 0 unspecified atom stereocenters. The van der Waals surface area contributed by atoms with Crippen molar-refractivity contribution in [2.75, 3.05) is 26.2 Å². The maximum Gasteiger partial charge on any atom is 0.270 e. The fourth-order valence-electron chi connectivity index (χ4n) is 5.03. The number of nitrogens with one attached hydrogen (secondary N) is 2. The van der Waals surface area contributed by atoms with Gasteiger partial charge >= 0.3 is 0 Å². The topological polar surface area (TPSA) is 111 Å². The van der Waals surface area contributed by atoms with E-state index in [2.05, 4.69) is 25.6 Å². The van der Waals surface area contributed by atoms with E-state index in [1.54, 1.807) is 0 Å². The zero-order valence-corrected chi connectivity index (χ0v) is 19.0. The molecule has 6 rings (SSSR count). The molecular formula is C24H22ClN7O2. The summed E-state index contributed by atoms with van der Waals surface area (Å²) in [5, 5.41) is 15.3. The van der Waals surface area contributed by atoms with Gasteiger partial charge in [0, 0.05) is 58.6 Å². The number of aromatic nitrogens is 5. The highest BCUT2D eigenvalue weighted by atomic mass is 35.5. The number of nitrogens with zero attached hydrogens (tertiary/aromatic N) is 5. The van der Waals surface area contributed by atoms with Gasteiger partial charge in [0.25, 0.3) is 11.8 Å². The second-order valence-electron chi connectivity index (χ2n) is 9.20. The van der Waals surface area contributed by atoms with Crippen molar-refractivity contribution in [3.8, 4) is 11.4 Å². The third kappa shape index (κ3) is 3.62. The first kappa shape index (κ1) is 20.9. The molecule has 172 valence electrons. The minimum atomic E-state index is 0.0125. The third-order valence-electron chi connectivity index (χ3n) is 7.01. The molecule has 0 aliphatic carbocycles. The Balaban J connectivity index is 1.06. The lowest BCUT2D eigenvalue weighted by molar-refractivity contribution is -0.0290. The number of tetrazole rings is 1. The minimum Gasteiger partial charge on any atom is -0.351 e. The van der Waals surface area contributed by atoms with E-state index < -0.39 is 0 Å². The smallest absolute Gasteiger partial charge is 0.270 e. The van der Waals surface area contributed by atoms with Gasteiger partial charge in [0.1, 0.15) is 5.69 Å². The number of fused-ring (bicyclic) bond motifs is 1. The highest BCUT2D eigenvalue weighted by Gasteiger charge is 2.47. The van der Waals surface area contributed by atoms with E-state index in [1.807, 2.05) is 58.3 Å². The number of benzene rings is 2. The number of aromatic amines is 2. The summed E-state index contributed by atoms with van der Waals surface area (Å²) in [4.78, 5) is 32.9. The second-order valence-corrected chi connectivity index (χ2v) is 9.63. The molecular weight excluding hydrogens is 454 g/mol. The van der Waals surface area contributed by atoms with Crippen molar-refractivity contribution < 1.29 is 9.59 Å². The number of hydrogen-bond donors (Lipinski definition) is 2. The Morgan fingerprint density at radius 2 is 1.71 bits per heavy atom. The molecule has 4 heterocycles. The Morgan fingerprint density at radius 3 is 2.41 bits per heavy atom. The lowest BCUT2D eigenvalue weighted by Gasteiger charge is -2.53. The van der Waals surface area contributed by atoms with E-state index in [0.717, 1.165) is 42.4 Å². The summed E-state index contributed by atoms with van der Waals surface area (Å²) in [5.41, 5.74) is 3.07. The number of amides is 2. The Kier molecular flexibility index (Phi) is 4.88. The van der Waals surface area contributed by atoms with Crippen LogP contribution in [0.1, 0.15) is 33.7 Å². The van der Waals surface area contributed by atoms with E-state index in [-0.39, 0.29) is 17.2 Å². The van der Waals surface area contributed by atoms with Crippen molar-refractivity contribution in [3.63, 3.8) is 0 Å². The predicted octanol–water partition coefficient (Wildman–Crippen LogP) is 3.38. The van der Waals surface area contributed by atoms with Gasteiger partial charge in [-0.3, -0.25) is 9.59 Å². The molecule has 1 spiro atoms. The standard InChI is InChI=1S/C24H22ClN7O2/c25-18-5-6-19-17(11-18)12-20(26-19)23(34)32-13-24(14-32)7-9-31(10-8-24)22(33)16-3-1-15(2-4-16)21-27-29-30-28-21/h1-6,11-12,26H,7-10,13-14H2,(H,27,28,29,30). The molecule has 4 aromatic rings. The number of likely N-dealkylation sites (tertiary alicyclic amines) is 2. The van der Waals surface area contributed by atoms with Gasteiger partial charge in [-0.1, -0.05) is 23.7 Å². The molecule has 10 heteroatoms. The summed E-state index contributed by atoms with van der Waals surface area (Å²) < 4.78 is 0. The summed E-state index contributed by atoms with van der Waals surface area (Å²) in [6.07, 6.45) is 1.79. The van der Waals surface area contributed by atoms with E-state index in [4.69, 9.17) is 11.6 Å². The molecule has 2 N–H and O–H groups in total. The lowest BCUT2D eigenvalue weighted by atomic mass is 9.72. The molecule has 2 amide bonds. The predicted molar refractivity (Wildman–Crippen MR) is 126 cm³/mol. The van der Waals surface area contributed by atoms with Crippen molar-refractivity contribution in [1.29, 1.82) is 0 Å². The van der Waals surface area contributed by atoms with Crippen LogP contribution in [-0.4, -0.2) is 73.4 Å². The van der Waals surface area contributed by atoms with Gasteiger partial charge in [-0.2, -0.15) is 0 Å². The molecule has 34 heavy (non-hydrogen) atoms. The molecule has 2 aromatic heterocycles. The first-order valence-electron chi connectivity index (χ1n) is 11.2. The number of piperidine rings is 1. The number of H-pyrrole nitrogens is 2. The lowest BCUT2D eigenvalue weighted by Crippen LogP contribution is -2.62. The van der Waals surface area contributed by atoms with Gasteiger partial charge in [0.2, 0.25) is 0 Å². The highest BCUT2D eigenvalue weighted by Crippen LogP contribution is 2.41. The van der Waals surface area contributed by atoms with Crippen LogP contribution in [-0.2, 0) is 0 Å². The molecule has 0 bridgehead atoms. The van der Waals surface area contributed by atoms with Crippen LogP contribution < -0.4 is 0 Å². The van der Waals surface area contributed by atoms with Crippen molar-refractivity contribution in [2.45, 2.75) is 12.8 Å². The van der Waals surface area contributed by atoms with Gasteiger partial charge in [-0.15, -0.1) is 5.10 Å². The van der Waals surface area contributed by atoms with Crippen LogP contribution in [0.5, 0.6) is 0 Å². The summed E-state index contributed by atoms with van der Waals surface area (Å²) in [5.74, 6) is 0.610. The monoisotopic (exact) mass is 475 g/mol.